The van der Waals surface area contributed by atoms with Crippen LogP contribution in [0, 0.1) is 5.92 Å². The zero-order valence-corrected chi connectivity index (χ0v) is 15.8. The number of ether oxygens (including phenoxy) is 1. The van der Waals surface area contributed by atoms with Crippen molar-refractivity contribution >= 4 is 5.78 Å². The van der Waals surface area contributed by atoms with Crippen molar-refractivity contribution in [2.24, 2.45) is 5.92 Å². The molecule has 2 saturated heterocycles. The molecular formula is C19H36N2O2. The molecule has 0 aromatic carbocycles. The molecule has 0 aromatic rings. The third-order valence-corrected chi connectivity index (χ3v) is 5.49. The second kappa shape index (κ2) is 8.59. The molecule has 2 atom stereocenters. The minimum Gasteiger partial charge on any atom is -0.375 e. The molecule has 0 aromatic heterocycles. The van der Waals surface area contributed by atoms with Gasteiger partial charge in [0.2, 0.25) is 0 Å². The Hall–Kier alpha value is -0.450. The summed E-state index contributed by atoms with van der Waals surface area (Å²) in [6.45, 7) is 14.7. The second-order valence-electron chi connectivity index (χ2n) is 8.06. The van der Waals surface area contributed by atoms with Gasteiger partial charge in [-0.15, -0.1) is 0 Å². The first-order valence-electron chi connectivity index (χ1n) is 9.53. The van der Waals surface area contributed by atoms with E-state index in [4.69, 9.17) is 4.74 Å². The van der Waals surface area contributed by atoms with E-state index in [1.54, 1.807) is 0 Å². The van der Waals surface area contributed by atoms with Gasteiger partial charge in [0.25, 0.3) is 0 Å². The van der Waals surface area contributed by atoms with Crippen LogP contribution in [0.25, 0.3) is 0 Å². The fourth-order valence-corrected chi connectivity index (χ4v) is 3.92. The lowest BCUT2D eigenvalue weighted by Crippen LogP contribution is -2.48. The van der Waals surface area contributed by atoms with Gasteiger partial charge in [-0.3, -0.25) is 14.6 Å². The largest absolute Gasteiger partial charge is 0.375 e. The molecule has 0 radical (unpaired) electrons. The van der Waals surface area contributed by atoms with Crippen molar-refractivity contribution in [3.63, 3.8) is 0 Å². The van der Waals surface area contributed by atoms with E-state index in [2.05, 4.69) is 30.6 Å². The van der Waals surface area contributed by atoms with Crippen molar-refractivity contribution in [3.8, 4) is 0 Å². The quantitative estimate of drug-likeness (QED) is 0.752. The summed E-state index contributed by atoms with van der Waals surface area (Å²) in [5.74, 6) is 0.510. The van der Waals surface area contributed by atoms with Gasteiger partial charge in [0.15, 0.2) is 0 Å². The van der Waals surface area contributed by atoms with Crippen LogP contribution in [0.1, 0.15) is 60.3 Å². The Balaban J connectivity index is 1.70. The fourth-order valence-electron chi connectivity index (χ4n) is 3.92. The Kier molecular flexibility index (Phi) is 7.05. The van der Waals surface area contributed by atoms with Gasteiger partial charge in [0.1, 0.15) is 5.78 Å². The average Bonchev–Trinajstić information content (AvgIpc) is 2.48. The Morgan fingerprint density at radius 3 is 2.17 bits per heavy atom. The SMILES string of the molecule is CC(C)C(=O)CN1CCC(O[C@H]2CCN(C(C)C)[C@@H](C)C2)CC1. The van der Waals surface area contributed by atoms with Crippen molar-refractivity contribution in [3.05, 3.63) is 0 Å². The van der Waals surface area contributed by atoms with Gasteiger partial charge in [-0.1, -0.05) is 13.8 Å². The van der Waals surface area contributed by atoms with Gasteiger partial charge in [-0.25, -0.2) is 0 Å². The van der Waals surface area contributed by atoms with Crippen LogP contribution < -0.4 is 0 Å². The Morgan fingerprint density at radius 1 is 1.04 bits per heavy atom. The van der Waals surface area contributed by atoms with Gasteiger partial charge in [0.05, 0.1) is 18.8 Å². The van der Waals surface area contributed by atoms with E-state index in [1.165, 1.54) is 0 Å². The molecule has 4 heteroatoms. The number of carbonyl (C=O) groups is 1. The number of ketones is 1. The first kappa shape index (κ1) is 18.9. The number of Topliss-reactive ketones (excluding diaryl/α,β-unsaturated/α-hetero) is 1. The van der Waals surface area contributed by atoms with Crippen LogP contribution in [0.4, 0.5) is 0 Å². The van der Waals surface area contributed by atoms with E-state index in [1.807, 2.05) is 13.8 Å². The molecule has 2 heterocycles. The summed E-state index contributed by atoms with van der Waals surface area (Å²) in [5, 5.41) is 0. The van der Waals surface area contributed by atoms with Gasteiger partial charge < -0.3 is 4.74 Å². The zero-order valence-electron chi connectivity index (χ0n) is 15.8. The number of hydrogen-bond donors (Lipinski definition) is 0. The molecule has 0 aliphatic carbocycles. The van der Waals surface area contributed by atoms with E-state index in [0.29, 0.717) is 36.6 Å². The van der Waals surface area contributed by atoms with Crippen LogP contribution in [-0.2, 0) is 9.53 Å². The molecular weight excluding hydrogens is 288 g/mol. The number of piperidine rings is 2. The smallest absolute Gasteiger partial charge is 0.149 e. The highest BCUT2D eigenvalue weighted by Crippen LogP contribution is 2.25. The molecule has 2 fully saturated rings. The van der Waals surface area contributed by atoms with E-state index in [0.717, 1.165) is 45.3 Å². The molecule has 0 spiro atoms. The topological polar surface area (TPSA) is 32.8 Å². The molecule has 2 rings (SSSR count). The van der Waals surface area contributed by atoms with Gasteiger partial charge >= 0.3 is 0 Å². The van der Waals surface area contributed by atoms with Crippen LogP contribution in [0.15, 0.2) is 0 Å². The summed E-state index contributed by atoms with van der Waals surface area (Å²) in [5.41, 5.74) is 0. The second-order valence-corrected chi connectivity index (χ2v) is 8.06. The maximum atomic E-state index is 11.9. The number of likely N-dealkylation sites (tertiary alicyclic amines) is 2. The highest BCUT2D eigenvalue weighted by Gasteiger charge is 2.30. The molecule has 2 aliphatic heterocycles. The highest BCUT2D eigenvalue weighted by atomic mass is 16.5. The molecule has 4 nitrogen and oxygen atoms in total. The van der Waals surface area contributed by atoms with Crippen LogP contribution in [0.2, 0.25) is 0 Å². The Labute approximate surface area is 142 Å². The number of rotatable bonds is 6. The van der Waals surface area contributed by atoms with E-state index < -0.39 is 0 Å². The maximum Gasteiger partial charge on any atom is 0.149 e. The number of carbonyl (C=O) groups excluding carboxylic acids is 1. The van der Waals surface area contributed by atoms with E-state index >= 15 is 0 Å². The van der Waals surface area contributed by atoms with Crippen LogP contribution in [-0.4, -0.2) is 66.1 Å². The summed E-state index contributed by atoms with van der Waals surface area (Å²) in [6.07, 6.45) is 5.28. The molecule has 0 unspecified atom stereocenters. The van der Waals surface area contributed by atoms with Gasteiger partial charge in [-0.2, -0.15) is 0 Å². The van der Waals surface area contributed by atoms with Gasteiger partial charge in [-0.05, 0) is 46.5 Å². The van der Waals surface area contributed by atoms with E-state index in [-0.39, 0.29) is 5.92 Å². The molecule has 0 bridgehead atoms. The highest BCUT2D eigenvalue weighted by molar-refractivity contribution is 5.82. The summed E-state index contributed by atoms with van der Waals surface area (Å²) in [6, 6.07) is 1.25. The summed E-state index contributed by atoms with van der Waals surface area (Å²) in [7, 11) is 0. The predicted molar refractivity (Wildman–Crippen MR) is 94.7 cm³/mol. The first-order chi connectivity index (χ1) is 10.9. The van der Waals surface area contributed by atoms with Crippen molar-refractivity contribution in [2.75, 3.05) is 26.2 Å². The van der Waals surface area contributed by atoms with Crippen molar-refractivity contribution in [1.82, 2.24) is 9.80 Å². The molecule has 134 valence electrons. The summed E-state index contributed by atoms with van der Waals surface area (Å²) < 4.78 is 6.39. The average molecular weight is 325 g/mol. The van der Waals surface area contributed by atoms with Crippen LogP contribution >= 0.6 is 0 Å². The molecule has 0 amide bonds. The molecule has 2 aliphatic rings. The lowest BCUT2D eigenvalue weighted by atomic mass is 9.98. The lowest BCUT2D eigenvalue weighted by Gasteiger charge is -2.42. The van der Waals surface area contributed by atoms with E-state index in [9.17, 15) is 4.79 Å². The Morgan fingerprint density at radius 2 is 1.65 bits per heavy atom. The normalized spacial score (nSPS) is 28.7. The van der Waals surface area contributed by atoms with Crippen molar-refractivity contribution in [2.45, 2.75) is 84.6 Å². The standard InChI is InChI=1S/C19H36N2O2/c1-14(2)19(22)13-20-9-6-17(7-10-20)23-18-8-11-21(15(3)4)16(5)12-18/h14-18H,6-13H2,1-5H3/t16-,18-/m0/s1. The zero-order chi connectivity index (χ0) is 17.0. The molecule has 0 N–H and O–H groups in total. The minimum atomic E-state index is 0.150. The van der Waals surface area contributed by atoms with Crippen LogP contribution in [0.3, 0.4) is 0 Å². The fraction of sp³-hybridized carbons (Fsp3) is 0.947. The monoisotopic (exact) mass is 324 g/mol. The Bertz CT molecular complexity index is 376. The molecule has 23 heavy (non-hydrogen) atoms. The lowest BCUT2D eigenvalue weighted by molar-refractivity contribution is -0.124. The van der Waals surface area contributed by atoms with Crippen molar-refractivity contribution < 1.29 is 9.53 Å². The number of hydrogen-bond acceptors (Lipinski definition) is 4. The molecule has 0 saturated carbocycles. The van der Waals surface area contributed by atoms with Crippen LogP contribution in [0.5, 0.6) is 0 Å². The van der Waals surface area contributed by atoms with Crippen molar-refractivity contribution in [1.29, 1.82) is 0 Å². The summed E-state index contributed by atoms with van der Waals surface area (Å²) >= 11 is 0. The first-order valence-corrected chi connectivity index (χ1v) is 9.53. The third-order valence-electron chi connectivity index (χ3n) is 5.49. The minimum absolute atomic E-state index is 0.150. The summed E-state index contributed by atoms with van der Waals surface area (Å²) in [4.78, 5) is 16.7. The number of nitrogens with zero attached hydrogens (tertiary/aromatic N) is 2. The predicted octanol–water partition coefficient (Wildman–Crippen LogP) is 2.95. The maximum absolute atomic E-state index is 11.9. The third kappa shape index (κ3) is 5.54. The van der Waals surface area contributed by atoms with Gasteiger partial charge in [0, 0.05) is 37.6 Å².